The minimum absolute atomic E-state index is 0.316. The largest absolute Gasteiger partial charge is 0.462 e. The lowest BCUT2D eigenvalue weighted by Gasteiger charge is -2.11. The molecule has 106 valence electrons. The first kappa shape index (κ1) is 13.4. The van der Waals surface area contributed by atoms with Crippen molar-refractivity contribution in [3.63, 3.8) is 0 Å². The first-order chi connectivity index (χ1) is 9.67. The number of halogens is 1. The van der Waals surface area contributed by atoms with E-state index in [9.17, 15) is 4.79 Å². The molecule has 3 rings (SSSR count). The summed E-state index contributed by atoms with van der Waals surface area (Å²) in [6, 6.07) is 0. The second kappa shape index (κ2) is 5.05. The van der Waals surface area contributed by atoms with Crippen LogP contribution in [0.1, 0.15) is 48.7 Å². The molecule has 0 aliphatic heterocycles. The van der Waals surface area contributed by atoms with Crippen LogP contribution in [0.5, 0.6) is 0 Å². The molecule has 0 aromatic carbocycles. The maximum Gasteiger partial charge on any atom is 0.341 e. The summed E-state index contributed by atoms with van der Waals surface area (Å²) in [6.45, 7) is 4.82. The van der Waals surface area contributed by atoms with E-state index in [1.807, 2.05) is 6.92 Å². The Morgan fingerprint density at radius 1 is 1.50 bits per heavy atom. The van der Waals surface area contributed by atoms with Gasteiger partial charge < -0.3 is 4.74 Å². The van der Waals surface area contributed by atoms with Crippen LogP contribution >= 0.6 is 11.6 Å². The fraction of sp³-hybridized carbons (Fsp3) is 0.500. The molecule has 0 unspecified atom stereocenters. The number of nitrogens with zero attached hydrogens (tertiary/aromatic N) is 3. The molecule has 2 aromatic rings. The lowest BCUT2D eigenvalue weighted by molar-refractivity contribution is 0.0525. The van der Waals surface area contributed by atoms with Gasteiger partial charge in [0.05, 0.1) is 28.9 Å². The van der Waals surface area contributed by atoms with E-state index < -0.39 is 5.97 Å². The summed E-state index contributed by atoms with van der Waals surface area (Å²) in [5, 5.41) is 5.38. The Labute approximate surface area is 121 Å². The molecule has 2 heterocycles. The van der Waals surface area contributed by atoms with Gasteiger partial charge in [-0.05, 0) is 26.7 Å². The van der Waals surface area contributed by atoms with E-state index in [-0.39, 0.29) is 0 Å². The topological polar surface area (TPSA) is 57.0 Å². The first-order valence-electron chi connectivity index (χ1n) is 6.89. The molecule has 0 radical (unpaired) electrons. The predicted octanol–water partition coefficient (Wildman–Crippen LogP) is 3.16. The van der Waals surface area contributed by atoms with Crippen molar-refractivity contribution in [2.75, 3.05) is 6.61 Å². The van der Waals surface area contributed by atoms with E-state index in [1.165, 1.54) is 0 Å². The van der Waals surface area contributed by atoms with Crippen molar-refractivity contribution >= 4 is 28.6 Å². The third-order valence-corrected chi connectivity index (χ3v) is 3.89. The zero-order chi connectivity index (χ0) is 14.3. The number of ether oxygens (including phenoxy) is 1. The monoisotopic (exact) mass is 293 g/mol. The van der Waals surface area contributed by atoms with E-state index in [0.717, 1.165) is 30.7 Å². The van der Waals surface area contributed by atoms with Crippen LogP contribution < -0.4 is 0 Å². The third kappa shape index (κ3) is 2.06. The summed E-state index contributed by atoms with van der Waals surface area (Å²) in [5.74, 6) is -0.0745. The summed E-state index contributed by atoms with van der Waals surface area (Å²) in [6.07, 6.45) is 3.75. The van der Waals surface area contributed by atoms with Gasteiger partial charge in [0.25, 0.3) is 0 Å². The van der Waals surface area contributed by atoms with Crippen LogP contribution in [0.2, 0.25) is 5.02 Å². The molecular weight excluding hydrogens is 278 g/mol. The molecular formula is C14H16ClN3O2. The number of carbonyl (C=O) groups is 1. The van der Waals surface area contributed by atoms with Gasteiger partial charge in [0.1, 0.15) is 5.56 Å². The van der Waals surface area contributed by atoms with Crippen LogP contribution in [0.25, 0.3) is 11.0 Å². The maximum atomic E-state index is 12.2. The number of aromatic nitrogens is 3. The summed E-state index contributed by atoms with van der Waals surface area (Å²) in [7, 11) is 0. The van der Waals surface area contributed by atoms with Gasteiger partial charge in [-0.3, -0.25) is 0 Å². The van der Waals surface area contributed by atoms with Crippen molar-refractivity contribution in [3.8, 4) is 0 Å². The van der Waals surface area contributed by atoms with Crippen LogP contribution in [-0.2, 0) is 11.3 Å². The summed E-state index contributed by atoms with van der Waals surface area (Å²) < 4.78 is 6.91. The molecule has 0 saturated heterocycles. The molecule has 20 heavy (non-hydrogen) atoms. The number of hydrogen-bond acceptors (Lipinski definition) is 4. The van der Waals surface area contributed by atoms with Crippen LogP contribution in [0.3, 0.4) is 0 Å². The SMILES string of the molecule is CCOC(=O)c1c(C2CC2)nc2c(cnn2CC)c1Cl. The van der Waals surface area contributed by atoms with Gasteiger partial charge in [-0.15, -0.1) is 0 Å². The van der Waals surface area contributed by atoms with Gasteiger partial charge in [0, 0.05) is 12.5 Å². The Balaban J connectivity index is 2.23. The Morgan fingerprint density at radius 2 is 2.25 bits per heavy atom. The van der Waals surface area contributed by atoms with Crippen LogP contribution in [-0.4, -0.2) is 27.3 Å². The first-order valence-corrected chi connectivity index (χ1v) is 7.27. The molecule has 2 aromatic heterocycles. The van der Waals surface area contributed by atoms with Gasteiger partial charge in [0.15, 0.2) is 5.65 Å². The van der Waals surface area contributed by atoms with E-state index in [0.29, 0.717) is 28.5 Å². The number of pyridine rings is 1. The lowest BCUT2D eigenvalue weighted by Crippen LogP contribution is -2.11. The molecule has 0 amide bonds. The fourth-order valence-electron chi connectivity index (χ4n) is 2.35. The molecule has 0 bridgehead atoms. The van der Waals surface area contributed by atoms with E-state index in [1.54, 1.807) is 17.8 Å². The minimum Gasteiger partial charge on any atom is -0.462 e. The molecule has 5 nitrogen and oxygen atoms in total. The zero-order valence-electron chi connectivity index (χ0n) is 11.5. The number of fused-ring (bicyclic) bond motifs is 1. The van der Waals surface area contributed by atoms with Crippen molar-refractivity contribution < 1.29 is 9.53 Å². The maximum absolute atomic E-state index is 12.2. The van der Waals surface area contributed by atoms with Crippen molar-refractivity contribution in [3.05, 3.63) is 22.5 Å². The van der Waals surface area contributed by atoms with E-state index in [4.69, 9.17) is 16.3 Å². The van der Waals surface area contributed by atoms with Gasteiger partial charge in [-0.25, -0.2) is 14.5 Å². The highest BCUT2D eigenvalue weighted by molar-refractivity contribution is 6.38. The highest BCUT2D eigenvalue weighted by atomic mass is 35.5. The number of carbonyl (C=O) groups excluding carboxylic acids is 1. The zero-order valence-corrected chi connectivity index (χ0v) is 12.3. The molecule has 6 heteroatoms. The number of esters is 1. The predicted molar refractivity (Wildman–Crippen MR) is 76.1 cm³/mol. The quantitative estimate of drug-likeness (QED) is 0.813. The summed E-state index contributed by atoms with van der Waals surface area (Å²) >= 11 is 6.43. The normalized spacial score (nSPS) is 14.8. The van der Waals surface area contributed by atoms with Gasteiger partial charge in [-0.1, -0.05) is 11.6 Å². The minimum atomic E-state index is -0.391. The van der Waals surface area contributed by atoms with Gasteiger partial charge in [0.2, 0.25) is 0 Å². The standard InChI is InChI=1S/C14H16ClN3O2/c1-3-18-13-9(7-16-18)11(15)10(14(19)20-4-2)12(17-13)8-5-6-8/h7-8H,3-6H2,1-2H3. The Kier molecular flexibility index (Phi) is 3.38. The van der Waals surface area contributed by atoms with Crippen LogP contribution in [0.4, 0.5) is 0 Å². The highest BCUT2D eigenvalue weighted by Crippen LogP contribution is 2.43. The number of hydrogen-bond donors (Lipinski definition) is 0. The summed E-state index contributed by atoms with van der Waals surface area (Å²) in [4.78, 5) is 16.8. The van der Waals surface area contributed by atoms with E-state index in [2.05, 4.69) is 10.1 Å². The third-order valence-electron chi connectivity index (χ3n) is 3.49. The molecule has 1 aliphatic carbocycles. The molecule has 1 aliphatic rings. The second-order valence-electron chi connectivity index (χ2n) is 4.88. The Morgan fingerprint density at radius 3 is 2.85 bits per heavy atom. The second-order valence-corrected chi connectivity index (χ2v) is 5.26. The molecule has 0 atom stereocenters. The molecule has 0 spiro atoms. The molecule has 0 N–H and O–H groups in total. The van der Waals surface area contributed by atoms with Crippen LogP contribution in [0.15, 0.2) is 6.20 Å². The highest BCUT2D eigenvalue weighted by Gasteiger charge is 2.33. The van der Waals surface area contributed by atoms with Gasteiger partial charge >= 0.3 is 5.97 Å². The van der Waals surface area contributed by atoms with Crippen molar-refractivity contribution in [2.24, 2.45) is 0 Å². The van der Waals surface area contributed by atoms with Crippen LogP contribution in [0, 0.1) is 0 Å². The average Bonchev–Trinajstić information content (AvgIpc) is 3.19. The Hall–Kier alpha value is -1.62. The Bertz CT molecular complexity index is 677. The van der Waals surface area contributed by atoms with Gasteiger partial charge in [-0.2, -0.15) is 5.10 Å². The van der Waals surface area contributed by atoms with Crippen molar-refractivity contribution in [1.82, 2.24) is 14.8 Å². The van der Waals surface area contributed by atoms with E-state index >= 15 is 0 Å². The fourth-order valence-corrected chi connectivity index (χ4v) is 2.66. The van der Waals surface area contributed by atoms with Crippen molar-refractivity contribution in [1.29, 1.82) is 0 Å². The molecule has 1 saturated carbocycles. The average molecular weight is 294 g/mol. The smallest absolute Gasteiger partial charge is 0.341 e. The summed E-state index contributed by atoms with van der Waals surface area (Å²) in [5.41, 5.74) is 1.92. The van der Waals surface area contributed by atoms with Crippen molar-refractivity contribution in [2.45, 2.75) is 39.2 Å². The molecule has 1 fully saturated rings. The number of rotatable bonds is 4. The lowest BCUT2D eigenvalue weighted by atomic mass is 10.1. The number of aryl methyl sites for hydroxylation is 1.